The van der Waals surface area contributed by atoms with Crippen molar-refractivity contribution in [3.05, 3.63) is 46.9 Å². The predicted octanol–water partition coefficient (Wildman–Crippen LogP) is 6.33. The van der Waals surface area contributed by atoms with Crippen LogP contribution in [-0.4, -0.2) is 35.4 Å². The van der Waals surface area contributed by atoms with Crippen molar-refractivity contribution in [1.29, 1.82) is 0 Å². The third kappa shape index (κ3) is 6.84. The van der Waals surface area contributed by atoms with Gasteiger partial charge in [0.05, 0.1) is 6.20 Å². The average molecular weight is 542 g/mol. The number of carbonyl (C=O) groups is 1. The number of aromatic nitrogens is 2. The molecule has 3 N–H and O–H groups in total. The molecule has 1 aromatic heterocycles. The molecule has 3 aliphatic carbocycles. The molecule has 8 heteroatoms. The standard InChI is InChI=1S/C30H41ClFN5O/c1-19-10-22-11-23(13-25(12-22)28(19)33-14-20-6-8-21(18-38)9-7-20)15-34-29-27(32)17-36-30(37-29)35-16-24-4-2-3-5-26(24)31/h2-5,17-23,25,28,33H,6-16H2,1H3,(H2,34,35,36,37)/t19-,20-,21+,22?,23-,25-,28+/m1/s1. The number of nitrogens with one attached hydrogen (secondary N) is 3. The van der Waals surface area contributed by atoms with Gasteiger partial charge in [0.1, 0.15) is 6.29 Å². The highest BCUT2D eigenvalue weighted by molar-refractivity contribution is 6.31. The molecule has 3 fully saturated rings. The lowest BCUT2D eigenvalue weighted by Crippen LogP contribution is -2.50. The van der Waals surface area contributed by atoms with E-state index < -0.39 is 5.82 Å². The zero-order valence-corrected chi connectivity index (χ0v) is 23.1. The van der Waals surface area contributed by atoms with E-state index in [0.717, 1.165) is 63.0 Å². The van der Waals surface area contributed by atoms with Crippen LogP contribution in [0.15, 0.2) is 30.5 Å². The molecule has 5 atom stereocenters. The molecule has 5 rings (SSSR count). The first-order valence-electron chi connectivity index (χ1n) is 14.4. The molecule has 0 aliphatic heterocycles. The Hall–Kier alpha value is -2.25. The summed E-state index contributed by atoms with van der Waals surface area (Å²) in [6.45, 7) is 4.68. The number of fused-ring (bicyclic) bond motifs is 2. The smallest absolute Gasteiger partial charge is 0.225 e. The highest BCUT2D eigenvalue weighted by Gasteiger charge is 2.41. The predicted molar refractivity (Wildman–Crippen MR) is 151 cm³/mol. The Labute approximate surface area is 230 Å². The van der Waals surface area contributed by atoms with Crippen LogP contribution < -0.4 is 16.0 Å². The lowest BCUT2D eigenvalue weighted by Gasteiger charge is -2.48. The number of hydrogen-bond donors (Lipinski definition) is 3. The first-order valence-corrected chi connectivity index (χ1v) is 14.8. The molecule has 0 amide bonds. The van der Waals surface area contributed by atoms with Gasteiger partial charge in [0, 0.05) is 30.1 Å². The number of halogens is 2. The molecular formula is C30H41ClFN5O. The molecule has 1 unspecified atom stereocenters. The molecule has 38 heavy (non-hydrogen) atoms. The number of hydrogen-bond acceptors (Lipinski definition) is 6. The Bertz CT molecular complexity index is 1080. The largest absolute Gasteiger partial charge is 0.367 e. The number of anilines is 2. The van der Waals surface area contributed by atoms with Gasteiger partial charge in [-0.15, -0.1) is 0 Å². The second-order valence-corrected chi connectivity index (χ2v) is 12.4. The molecule has 3 saturated carbocycles. The van der Waals surface area contributed by atoms with Gasteiger partial charge >= 0.3 is 0 Å². The zero-order valence-electron chi connectivity index (χ0n) is 22.3. The van der Waals surface area contributed by atoms with E-state index in [1.807, 2.05) is 24.3 Å². The second-order valence-electron chi connectivity index (χ2n) is 12.0. The third-order valence-corrected chi connectivity index (χ3v) is 9.56. The van der Waals surface area contributed by atoms with Crippen LogP contribution in [0.4, 0.5) is 16.2 Å². The molecular weight excluding hydrogens is 501 g/mol. The van der Waals surface area contributed by atoms with E-state index in [-0.39, 0.29) is 11.7 Å². The van der Waals surface area contributed by atoms with Crippen LogP contribution in [0, 0.1) is 41.3 Å². The highest BCUT2D eigenvalue weighted by Crippen LogP contribution is 2.45. The fourth-order valence-corrected chi connectivity index (χ4v) is 7.44. The first kappa shape index (κ1) is 27.3. The minimum Gasteiger partial charge on any atom is -0.367 e. The quantitative estimate of drug-likeness (QED) is 0.305. The molecule has 1 heterocycles. The summed E-state index contributed by atoms with van der Waals surface area (Å²) in [6, 6.07) is 8.16. The van der Waals surface area contributed by atoms with E-state index in [1.54, 1.807) is 0 Å². The molecule has 6 nitrogen and oxygen atoms in total. The molecule has 1 aromatic carbocycles. The van der Waals surface area contributed by atoms with E-state index in [0.29, 0.717) is 47.2 Å². The van der Waals surface area contributed by atoms with Gasteiger partial charge in [-0.1, -0.05) is 36.7 Å². The monoisotopic (exact) mass is 541 g/mol. The maximum Gasteiger partial charge on any atom is 0.225 e. The molecule has 3 aliphatic rings. The lowest BCUT2D eigenvalue weighted by atomic mass is 9.62. The Morgan fingerprint density at radius 3 is 2.63 bits per heavy atom. The van der Waals surface area contributed by atoms with Gasteiger partial charge in [-0.2, -0.15) is 4.98 Å². The summed E-state index contributed by atoms with van der Waals surface area (Å²) in [5.41, 5.74) is 0.941. The number of carbonyl (C=O) groups excluding carboxylic acids is 1. The van der Waals surface area contributed by atoms with E-state index in [1.165, 1.54) is 25.5 Å². The van der Waals surface area contributed by atoms with Crippen molar-refractivity contribution in [2.75, 3.05) is 23.7 Å². The van der Waals surface area contributed by atoms with Crippen LogP contribution in [0.3, 0.4) is 0 Å². The second kappa shape index (κ2) is 12.7. The van der Waals surface area contributed by atoms with Crippen molar-refractivity contribution in [2.45, 2.75) is 70.9 Å². The maximum absolute atomic E-state index is 14.6. The minimum absolute atomic E-state index is 0.256. The van der Waals surface area contributed by atoms with Crippen LogP contribution in [0.25, 0.3) is 0 Å². The van der Waals surface area contributed by atoms with Crippen molar-refractivity contribution in [3.8, 4) is 0 Å². The van der Waals surface area contributed by atoms with E-state index in [9.17, 15) is 9.18 Å². The summed E-state index contributed by atoms with van der Waals surface area (Å²) in [5, 5.41) is 11.1. The first-order chi connectivity index (χ1) is 18.5. The molecule has 0 spiro atoms. The summed E-state index contributed by atoms with van der Waals surface area (Å²) in [6.07, 6.45) is 11.7. The van der Waals surface area contributed by atoms with Crippen LogP contribution in [0.2, 0.25) is 5.02 Å². The SMILES string of the molecule is C[C@@H]1CC2C[C@@H](CNc3nc(NCc4ccccc4Cl)ncc3F)C[C@@H](C2)[C@H]1NC[C@H]1CC[C@@H](C=O)CC1. The van der Waals surface area contributed by atoms with Gasteiger partial charge in [-0.05, 0) is 99.1 Å². The normalized spacial score (nSPS) is 31.0. The van der Waals surface area contributed by atoms with Gasteiger partial charge < -0.3 is 20.7 Å². The summed E-state index contributed by atoms with van der Waals surface area (Å²) in [5.74, 6) is 3.79. The van der Waals surface area contributed by atoms with E-state index in [4.69, 9.17) is 11.6 Å². The average Bonchev–Trinajstić information content (AvgIpc) is 2.92. The lowest BCUT2D eigenvalue weighted by molar-refractivity contribution is -0.112. The Morgan fingerprint density at radius 2 is 1.84 bits per heavy atom. The number of aldehydes is 1. The minimum atomic E-state index is -0.429. The highest BCUT2D eigenvalue weighted by atomic mass is 35.5. The fraction of sp³-hybridized carbons (Fsp3) is 0.633. The number of nitrogens with zero attached hydrogens (tertiary/aromatic N) is 2. The molecule has 2 aromatic rings. The van der Waals surface area contributed by atoms with Gasteiger partial charge in [0.2, 0.25) is 5.95 Å². The fourth-order valence-electron chi connectivity index (χ4n) is 7.24. The number of benzene rings is 1. The summed E-state index contributed by atoms with van der Waals surface area (Å²) in [4.78, 5) is 19.6. The Kier molecular flexibility index (Phi) is 9.16. The van der Waals surface area contributed by atoms with Crippen LogP contribution in [0.1, 0.15) is 63.9 Å². The van der Waals surface area contributed by atoms with Crippen molar-refractivity contribution in [3.63, 3.8) is 0 Å². The Morgan fingerprint density at radius 1 is 1.03 bits per heavy atom. The maximum atomic E-state index is 14.6. The molecule has 206 valence electrons. The zero-order chi connectivity index (χ0) is 26.5. The van der Waals surface area contributed by atoms with E-state index in [2.05, 4.69) is 32.8 Å². The topological polar surface area (TPSA) is 78.9 Å². The van der Waals surface area contributed by atoms with Gasteiger partial charge in [-0.3, -0.25) is 0 Å². The van der Waals surface area contributed by atoms with Crippen LogP contribution >= 0.6 is 11.6 Å². The molecule has 0 radical (unpaired) electrons. The number of rotatable bonds is 10. The van der Waals surface area contributed by atoms with Crippen molar-refractivity contribution in [2.24, 2.45) is 35.5 Å². The summed E-state index contributed by atoms with van der Waals surface area (Å²) < 4.78 is 14.6. The Balaban J connectivity index is 1.13. The van der Waals surface area contributed by atoms with Crippen molar-refractivity contribution < 1.29 is 9.18 Å². The van der Waals surface area contributed by atoms with Crippen molar-refractivity contribution in [1.82, 2.24) is 15.3 Å². The van der Waals surface area contributed by atoms with Gasteiger partial charge in [0.25, 0.3) is 0 Å². The summed E-state index contributed by atoms with van der Waals surface area (Å²) >= 11 is 6.24. The molecule has 0 saturated heterocycles. The van der Waals surface area contributed by atoms with Gasteiger partial charge in [0.15, 0.2) is 11.6 Å². The van der Waals surface area contributed by atoms with Crippen molar-refractivity contribution >= 4 is 29.7 Å². The molecule has 2 bridgehead atoms. The van der Waals surface area contributed by atoms with E-state index >= 15 is 0 Å². The van der Waals surface area contributed by atoms with Crippen LogP contribution in [0.5, 0.6) is 0 Å². The van der Waals surface area contributed by atoms with Gasteiger partial charge in [-0.25, -0.2) is 9.37 Å². The van der Waals surface area contributed by atoms with Crippen LogP contribution in [-0.2, 0) is 11.3 Å². The summed E-state index contributed by atoms with van der Waals surface area (Å²) in [7, 11) is 0. The third-order valence-electron chi connectivity index (χ3n) is 9.19.